The van der Waals surface area contributed by atoms with Crippen LogP contribution in [-0.2, 0) is 9.47 Å². The second kappa shape index (κ2) is 18.7. The van der Waals surface area contributed by atoms with Crippen molar-refractivity contribution in [2.75, 3.05) is 20.5 Å². The normalized spacial score (nSPS) is 13.0. The Bertz CT molecular complexity index is 229. The molecule has 0 saturated carbocycles. The van der Waals surface area contributed by atoms with Gasteiger partial charge in [-0.2, -0.15) is 0 Å². The molecule has 0 amide bonds. The lowest BCUT2D eigenvalue weighted by Crippen LogP contribution is -2.04. The Morgan fingerprint density at radius 1 is 0.909 bits per heavy atom. The molecule has 1 N–H and O–H groups in total. The average Bonchev–Trinajstić information content (AvgIpc) is 2.52. The molecule has 0 aromatic rings. The fourth-order valence-electron chi connectivity index (χ4n) is 2.43. The molecule has 0 rings (SSSR count). The van der Waals surface area contributed by atoms with Crippen LogP contribution in [0.5, 0.6) is 0 Å². The number of aliphatic hydroxyl groups is 1. The second-order valence-electron chi connectivity index (χ2n) is 6.08. The molecule has 0 bridgehead atoms. The smallest absolute Gasteiger partial charge is 0.146 e. The molecule has 22 heavy (non-hydrogen) atoms. The lowest BCUT2D eigenvalue weighted by Gasteiger charge is -2.07. The van der Waals surface area contributed by atoms with Crippen molar-refractivity contribution in [3.63, 3.8) is 0 Å². The van der Waals surface area contributed by atoms with Gasteiger partial charge in [-0.15, -0.1) is 0 Å². The summed E-state index contributed by atoms with van der Waals surface area (Å²) in [6, 6.07) is 0. The van der Waals surface area contributed by atoms with Crippen molar-refractivity contribution in [3.8, 4) is 0 Å². The first-order valence-electron chi connectivity index (χ1n) is 9.21. The standard InChI is InChI=1S/C19H38O3/c1-3-4-5-12-15-19(20)16-13-10-8-6-7-9-11-14-17-22-18-21-2/h10,13,19-20H,3-9,11-12,14-18H2,1-2H3/b13-10+. The molecule has 132 valence electrons. The minimum Gasteiger partial charge on any atom is -0.393 e. The van der Waals surface area contributed by atoms with Gasteiger partial charge in [0.05, 0.1) is 6.10 Å². The van der Waals surface area contributed by atoms with Gasteiger partial charge in [0.2, 0.25) is 0 Å². The van der Waals surface area contributed by atoms with E-state index in [2.05, 4.69) is 19.1 Å². The van der Waals surface area contributed by atoms with Gasteiger partial charge in [-0.1, -0.05) is 64.0 Å². The van der Waals surface area contributed by atoms with Crippen LogP contribution in [0.2, 0.25) is 0 Å². The van der Waals surface area contributed by atoms with Gasteiger partial charge in [-0.25, -0.2) is 0 Å². The Morgan fingerprint density at radius 2 is 1.64 bits per heavy atom. The van der Waals surface area contributed by atoms with E-state index in [1.807, 2.05) is 0 Å². The van der Waals surface area contributed by atoms with Gasteiger partial charge in [-0.3, -0.25) is 0 Å². The maximum atomic E-state index is 9.84. The molecule has 0 aromatic carbocycles. The quantitative estimate of drug-likeness (QED) is 0.227. The summed E-state index contributed by atoms with van der Waals surface area (Å²) in [5.74, 6) is 0. The van der Waals surface area contributed by atoms with E-state index in [4.69, 9.17) is 9.47 Å². The molecule has 3 nitrogen and oxygen atoms in total. The summed E-state index contributed by atoms with van der Waals surface area (Å²) in [7, 11) is 1.65. The predicted octanol–water partition coefficient (Wildman–Crippen LogP) is 5.23. The third-order valence-corrected chi connectivity index (χ3v) is 3.83. The van der Waals surface area contributed by atoms with Crippen LogP contribution >= 0.6 is 0 Å². The van der Waals surface area contributed by atoms with Crippen molar-refractivity contribution >= 4 is 0 Å². The number of hydrogen-bond acceptors (Lipinski definition) is 3. The van der Waals surface area contributed by atoms with Crippen LogP contribution in [0.1, 0.15) is 84.0 Å². The van der Waals surface area contributed by atoms with Crippen LogP contribution in [-0.4, -0.2) is 31.7 Å². The third-order valence-electron chi connectivity index (χ3n) is 3.83. The molecule has 3 heteroatoms. The lowest BCUT2D eigenvalue weighted by atomic mass is 10.1. The van der Waals surface area contributed by atoms with Crippen LogP contribution in [0.25, 0.3) is 0 Å². The fourth-order valence-corrected chi connectivity index (χ4v) is 2.43. The van der Waals surface area contributed by atoms with E-state index >= 15 is 0 Å². The highest BCUT2D eigenvalue weighted by atomic mass is 16.7. The zero-order valence-corrected chi connectivity index (χ0v) is 14.9. The van der Waals surface area contributed by atoms with Crippen LogP contribution in [0.4, 0.5) is 0 Å². The van der Waals surface area contributed by atoms with Gasteiger partial charge in [0, 0.05) is 13.7 Å². The molecule has 0 saturated heterocycles. The largest absolute Gasteiger partial charge is 0.393 e. The van der Waals surface area contributed by atoms with Crippen LogP contribution in [0.15, 0.2) is 12.2 Å². The summed E-state index contributed by atoms with van der Waals surface area (Å²) in [5.41, 5.74) is 0. The Morgan fingerprint density at radius 3 is 2.41 bits per heavy atom. The highest BCUT2D eigenvalue weighted by molar-refractivity contribution is 4.83. The lowest BCUT2D eigenvalue weighted by molar-refractivity contribution is -0.0315. The highest BCUT2D eigenvalue weighted by Gasteiger charge is 2.00. The highest BCUT2D eigenvalue weighted by Crippen LogP contribution is 2.10. The summed E-state index contributed by atoms with van der Waals surface area (Å²) >= 11 is 0. The fraction of sp³-hybridized carbons (Fsp3) is 0.895. The number of methoxy groups -OCH3 is 1. The summed E-state index contributed by atoms with van der Waals surface area (Å²) < 4.78 is 10.1. The van der Waals surface area contributed by atoms with Gasteiger partial charge in [0.25, 0.3) is 0 Å². The number of unbranched alkanes of at least 4 members (excludes halogenated alkanes) is 8. The average molecular weight is 315 g/mol. The van der Waals surface area contributed by atoms with Gasteiger partial charge in [0.1, 0.15) is 6.79 Å². The van der Waals surface area contributed by atoms with Gasteiger partial charge >= 0.3 is 0 Å². The first kappa shape index (κ1) is 21.6. The molecule has 0 heterocycles. The second-order valence-corrected chi connectivity index (χ2v) is 6.08. The summed E-state index contributed by atoms with van der Waals surface area (Å²) in [6.07, 6.45) is 18.3. The van der Waals surface area contributed by atoms with E-state index in [-0.39, 0.29) is 6.10 Å². The number of ether oxygens (including phenoxy) is 2. The minimum absolute atomic E-state index is 0.139. The summed E-state index contributed by atoms with van der Waals surface area (Å²) in [5, 5.41) is 9.84. The molecule has 0 aromatic heterocycles. The van der Waals surface area contributed by atoms with E-state index in [0.29, 0.717) is 6.79 Å². The van der Waals surface area contributed by atoms with E-state index < -0.39 is 0 Å². The van der Waals surface area contributed by atoms with Gasteiger partial charge in [0.15, 0.2) is 0 Å². The zero-order chi connectivity index (χ0) is 16.3. The minimum atomic E-state index is -0.139. The molecule has 0 aliphatic carbocycles. The number of rotatable bonds is 17. The van der Waals surface area contributed by atoms with Crippen LogP contribution in [0, 0.1) is 0 Å². The maximum Gasteiger partial charge on any atom is 0.146 e. The van der Waals surface area contributed by atoms with E-state index in [0.717, 1.165) is 38.7 Å². The Balaban J connectivity index is 3.19. The van der Waals surface area contributed by atoms with Crippen molar-refractivity contribution < 1.29 is 14.6 Å². The zero-order valence-electron chi connectivity index (χ0n) is 14.9. The first-order valence-corrected chi connectivity index (χ1v) is 9.21. The van der Waals surface area contributed by atoms with Crippen molar-refractivity contribution in [3.05, 3.63) is 12.2 Å². The number of hydrogen-bond donors (Lipinski definition) is 1. The first-order chi connectivity index (χ1) is 10.8. The van der Waals surface area contributed by atoms with E-state index in [1.165, 1.54) is 44.9 Å². The van der Waals surface area contributed by atoms with Crippen molar-refractivity contribution in [1.29, 1.82) is 0 Å². The van der Waals surface area contributed by atoms with Gasteiger partial charge in [-0.05, 0) is 32.1 Å². The molecule has 0 aliphatic heterocycles. The Labute approximate surface area is 138 Å². The SMILES string of the molecule is CCCCCCC(O)C/C=C/CCCCCCCOCOC. The molecule has 1 unspecified atom stereocenters. The monoisotopic (exact) mass is 314 g/mol. The maximum absolute atomic E-state index is 9.84. The number of allylic oxidation sites excluding steroid dienone is 1. The molecule has 0 radical (unpaired) electrons. The van der Waals surface area contributed by atoms with Crippen LogP contribution < -0.4 is 0 Å². The Hall–Kier alpha value is -0.380. The van der Waals surface area contributed by atoms with Crippen LogP contribution in [0.3, 0.4) is 0 Å². The molecular weight excluding hydrogens is 276 g/mol. The van der Waals surface area contributed by atoms with Gasteiger partial charge < -0.3 is 14.6 Å². The van der Waals surface area contributed by atoms with Crippen molar-refractivity contribution in [1.82, 2.24) is 0 Å². The molecule has 0 fully saturated rings. The molecule has 0 aliphatic rings. The van der Waals surface area contributed by atoms with E-state index in [1.54, 1.807) is 7.11 Å². The predicted molar refractivity (Wildman–Crippen MR) is 94.1 cm³/mol. The Kier molecular flexibility index (Phi) is 18.3. The summed E-state index contributed by atoms with van der Waals surface area (Å²) in [4.78, 5) is 0. The van der Waals surface area contributed by atoms with E-state index in [9.17, 15) is 5.11 Å². The van der Waals surface area contributed by atoms with Crippen molar-refractivity contribution in [2.24, 2.45) is 0 Å². The third kappa shape index (κ3) is 17.7. The molecular formula is C19H38O3. The topological polar surface area (TPSA) is 38.7 Å². The number of aliphatic hydroxyl groups excluding tert-OH is 1. The van der Waals surface area contributed by atoms with Crippen molar-refractivity contribution in [2.45, 2.75) is 90.1 Å². The summed E-state index contributed by atoms with van der Waals surface area (Å²) in [6.45, 7) is 3.44. The molecule has 1 atom stereocenters. The molecule has 0 spiro atoms.